The van der Waals surface area contributed by atoms with Gasteiger partial charge in [0.1, 0.15) is 0 Å². The van der Waals surface area contributed by atoms with Crippen LogP contribution in [0, 0.1) is 5.21 Å². The van der Waals surface area contributed by atoms with E-state index < -0.39 is 0 Å². The van der Waals surface area contributed by atoms with Gasteiger partial charge in [-0.05, 0) is 12.1 Å². The van der Waals surface area contributed by atoms with Gasteiger partial charge in [0, 0.05) is 5.69 Å². The smallest absolute Gasteiger partial charge is 0.320 e. The quantitative estimate of drug-likeness (QED) is 0.563. The molecule has 2 heterocycles. The summed E-state index contributed by atoms with van der Waals surface area (Å²) in [4.78, 5) is 3.99. The van der Waals surface area contributed by atoms with Crippen molar-refractivity contribution in [2.24, 2.45) is 0 Å². The molecule has 0 aliphatic carbocycles. The van der Waals surface area contributed by atoms with Crippen molar-refractivity contribution in [3.63, 3.8) is 0 Å². The van der Waals surface area contributed by atoms with Gasteiger partial charge in [0.15, 0.2) is 11.9 Å². The zero-order chi connectivity index (χ0) is 13.1. The van der Waals surface area contributed by atoms with Gasteiger partial charge in [0.25, 0.3) is 5.89 Å². The Morgan fingerprint density at radius 1 is 1.16 bits per heavy atom. The summed E-state index contributed by atoms with van der Waals surface area (Å²) in [6.45, 7) is 0. The predicted octanol–water partition coefficient (Wildman–Crippen LogP) is 1.51. The first-order valence-electron chi connectivity index (χ1n) is 5.52. The minimum atomic E-state index is 0.184. The van der Waals surface area contributed by atoms with Crippen LogP contribution in [0.4, 0.5) is 11.7 Å². The summed E-state index contributed by atoms with van der Waals surface area (Å²) in [5.41, 5.74) is 1.16. The third kappa shape index (κ3) is 2.49. The fourth-order valence-electron chi connectivity index (χ4n) is 1.51. The minimum absolute atomic E-state index is 0.184. The molecule has 0 saturated carbocycles. The molecule has 0 bridgehead atoms. The second kappa shape index (κ2) is 4.73. The van der Waals surface area contributed by atoms with E-state index >= 15 is 0 Å². The lowest BCUT2D eigenvalue weighted by atomic mass is 10.3. The molecular formula is C12H9N5O2. The first-order valence-corrected chi connectivity index (χ1v) is 5.52. The molecule has 0 amide bonds. The van der Waals surface area contributed by atoms with E-state index in [-0.39, 0.29) is 11.9 Å². The molecule has 3 rings (SSSR count). The normalized spacial score (nSPS) is 10.3. The van der Waals surface area contributed by atoms with E-state index in [0.717, 1.165) is 5.69 Å². The number of nitrogens with zero attached hydrogens (tertiary/aromatic N) is 4. The number of hydrogen-bond acceptors (Lipinski definition) is 6. The van der Waals surface area contributed by atoms with E-state index in [1.807, 2.05) is 30.3 Å². The molecule has 0 fully saturated rings. The van der Waals surface area contributed by atoms with Gasteiger partial charge in [-0.3, -0.25) is 0 Å². The van der Waals surface area contributed by atoms with Crippen LogP contribution in [0.5, 0.6) is 0 Å². The molecule has 0 aliphatic rings. The van der Waals surface area contributed by atoms with Crippen molar-refractivity contribution in [3.05, 3.63) is 54.1 Å². The van der Waals surface area contributed by atoms with Gasteiger partial charge in [-0.2, -0.15) is 4.73 Å². The Kier molecular flexibility index (Phi) is 2.77. The molecule has 1 aromatic carbocycles. The van der Waals surface area contributed by atoms with E-state index in [1.54, 1.807) is 0 Å². The van der Waals surface area contributed by atoms with Crippen LogP contribution in [0.1, 0.15) is 0 Å². The molecule has 0 radical (unpaired) electrons. The zero-order valence-corrected chi connectivity index (χ0v) is 9.72. The first kappa shape index (κ1) is 11.1. The van der Waals surface area contributed by atoms with Gasteiger partial charge >= 0.3 is 6.01 Å². The van der Waals surface area contributed by atoms with Crippen molar-refractivity contribution in [1.29, 1.82) is 0 Å². The van der Waals surface area contributed by atoms with Crippen molar-refractivity contribution in [2.45, 2.75) is 0 Å². The van der Waals surface area contributed by atoms with E-state index in [0.29, 0.717) is 10.4 Å². The van der Waals surface area contributed by atoms with Crippen LogP contribution in [-0.4, -0.2) is 15.2 Å². The summed E-state index contributed by atoms with van der Waals surface area (Å²) in [6.07, 6.45) is 3.92. The molecule has 0 spiro atoms. The number of nitrogens with one attached hydrogen (secondary N) is 1. The summed E-state index contributed by atoms with van der Waals surface area (Å²) in [5.74, 6) is 0.184. The average Bonchev–Trinajstić information content (AvgIpc) is 2.88. The number of rotatable bonds is 3. The number of benzene rings is 1. The van der Waals surface area contributed by atoms with Crippen molar-refractivity contribution in [2.75, 3.05) is 5.32 Å². The molecule has 2 aromatic heterocycles. The Balaban J connectivity index is 1.84. The van der Waals surface area contributed by atoms with Gasteiger partial charge in [0.2, 0.25) is 6.20 Å². The largest absolute Gasteiger partial charge is 0.619 e. The third-order valence-corrected chi connectivity index (χ3v) is 2.35. The Hall–Kier alpha value is -2.96. The van der Waals surface area contributed by atoms with Gasteiger partial charge in [-0.25, -0.2) is 4.98 Å². The van der Waals surface area contributed by atoms with E-state index in [9.17, 15) is 5.21 Å². The Bertz CT molecular complexity index is 683. The van der Waals surface area contributed by atoms with Crippen molar-refractivity contribution >= 4 is 11.7 Å². The van der Waals surface area contributed by atoms with E-state index in [2.05, 4.69) is 20.5 Å². The van der Waals surface area contributed by atoms with Crippen LogP contribution in [0.3, 0.4) is 0 Å². The number of para-hydroxylation sites is 1. The van der Waals surface area contributed by atoms with Crippen molar-refractivity contribution in [1.82, 2.24) is 15.2 Å². The molecule has 1 N–H and O–H groups in total. The lowest BCUT2D eigenvalue weighted by molar-refractivity contribution is -0.605. The fraction of sp³-hybridized carbons (Fsp3) is 0. The molecule has 7 heteroatoms. The highest BCUT2D eigenvalue weighted by molar-refractivity contribution is 5.53. The number of hydrogen-bond donors (Lipinski definition) is 1. The monoisotopic (exact) mass is 255 g/mol. The van der Waals surface area contributed by atoms with Gasteiger partial charge in [0.05, 0.1) is 6.20 Å². The highest BCUT2D eigenvalue weighted by Crippen LogP contribution is 2.19. The topological polar surface area (TPSA) is 90.8 Å². The molecule has 0 atom stereocenters. The van der Waals surface area contributed by atoms with Crippen molar-refractivity contribution < 1.29 is 9.15 Å². The van der Waals surface area contributed by atoms with E-state index in [4.69, 9.17) is 4.42 Å². The lowest BCUT2D eigenvalue weighted by Crippen LogP contribution is -2.24. The lowest BCUT2D eigenvalue weighted by Gasteiger charge is -1.99. The molecule has 94 valence electrons. The van der Waals surface area contributed by atoms with Crippen molar-refractivity contribution in [3.8, 4) is 11.6 Å². The number of aromatic nitrogens is 4. The first-order chi connectivity index (χ1) is 9.31. The van der Waals surface area contributed by atoms with Crippen LogP contribution in [-0.2, 0) is 0 Å². The molecule has 0 saturated heterocycles. The molecular weight excluding hydrogens is 246 g/mol. The van der Waals surface area contributed by atoms with Crippen LogP contribution >= 0.6 is 0 Å². The molecule has 3 aromatic rings. The van der Waals surface area contributed by atoms with Gasteiger partial charge in [-0.15, -0.1) is 5.10 Å². The van der Waals surface area contributed by atoms with Gasteiger partial charge < -0.3 is 14.9 Å². The maximum atomic E-state index is 11.1. The van der Waals surface area contributed by atoms with Crippen LogP contribution in [0.2, 0.25) is 0 Å². The summed E-state index contributed by atoms with van der Waals surface area (Å²) < 4.78 is 6.00. The van der Waals surface area contributed by atoms with Gasteiger partial charge in [-0.1, -0.05) is 23.3 Å². The molecule has 0 unspecified atom stereocenters. The molecule has 0 aliphatic heterocycles. The third-order valence-electron chi connectivity index (χ3n) is 2.35. The zero-order valence-electron chi connectivity index (χ0n) is 9.72. The van der Waals surface area contributed by atoms with Crippen LogP contribution in [0.25, 0.3) is 11.6 Å². The van der Waals surface area contributed by atoms with Crippen LogP contribution in [0.15, 0.2) is 53.3 Å². The van der Waals surface area contributed by atoms with E-state index in [1.165, 1.54) is 18.6 Å². The predicted molar refractivity (Wildman–Crippen MR) is 66.2 cm³/mol. The minimum Gasteiger partial charge on any atom is -0.619 e. The maximum Gasteiger partial charge on any atom is 0.320 e. The fourth-order valence-corrected chi connectivity index (χ4v) is 1.51. The molecule has 7 nitrogen and oxygen atoms in total. The highest BCUT2D eigenvalue weighted by atomic mass is 16.5. The summed E-state index contributed by atoms with van der Waals surface area (Å²) in [7, 11) is 0. The second-order valence-corrected chi connectivity index (χ2v) is 3.70. The summed E-state index contributed by atoms with van der Waals surface area (Å²) >= 11 is 0. The molecule has 19 heavy (non-hydrogen) atoms. The highest BCUT2D eigenvalue weighted by Gasteiger charge is 2.12. The average molecular weight is 255 g/mol. The standard InChI is InChI=1S/C12H9N5O2/c18-17-7-6-13-10(8-17)11-15-16-12(19-11)14-9-4-2-1-3-5-9/h1-8H,(H,14,16). The summed E-state index contributed by atoms with van der Waals surface area (Å²) in [6, 6.07) is 9.67. The SMILES string of the molecule is [O-][n+]1ccnc(-c2nnc(Nc3ccccc3)o2)c1. The maximum absolute atomic E-state index is 11.1. The Labute approximate surface area is 108 Å². The summed E-state index contributed by atoms with van der Waals surface area (Å²) in [5, 5.41) is 21.8. The van der Waals surface area contributed by atoms with Crippen LogP contribution < -0.4 is 10.0 Å². The second-order valence-electron chi connectivity index (χ2n) is 3.70. The number of anilines is 2. The Morgan fingerprint density at radius 2 is 2.00 bits per heavy atom. The Morgan fingerprint density at radius 3 is 2.79 bits per heavy atom.